The molecule has 0 bridgehead atoms. The Labute approximate surface area is 135 Å². The summed E-state index contributed by atoms with van der Waals surface area (Å²) in [6, 6.07) is 8.94. The third-order valence-corrected chi connectivity index (χ3v) is 4.07. The molecule has 1 aliphatic heterocycles. The lowest BCUT2D eigenvalue weighted by atomic mass is 10.1. The molecule has 4 rings (SSSR count). The average Bonchev–Trinajstić information content (AvgIpc) is 3.26. The van der Waals surface area contributed by atoms with Gasteiger partial charge >= 0.3 is 0 Å². The number of nitrogens with one attached hydrogen (secondary N) is 1. The van der Waals surface area contributed by atoms with Gasteiger partial charge in [-0.05, 0) is 30.3 Å². The smallest absolute Gasteiger partial charge is 0.293 e. The zero-order chi connectivity index (χ0) is 15.6. The molecule has 3 aromatic rings. The van der Waals surface area contributed by atoms with Crippen LogP contribution in [-0.2, 0) is 0 Å². The molecule has 0 unspecified atom stereocenters. The van der Waals surface area contributed by atoms with Crippen LogP contribution in [0.1, 0.15) is 10.6 Å². The van der Waals surface area contributed by atoms with Crippen molar-refractivity contribution in [2.24, 2.45) is 0 Å². The van der Waals surface area contributed by atoms with E-state index in [1.54, 1.807) is 12.1 Å². The number of anilines is 1. The second-order valence-electron chi connectivity index (χ2n) is 4.83. The van der Waals surface area contributed by atoms with E-state index in [1.165, 1.54) is 17.6 Å². The van der Waals surface area contributed by atoms with Gasteiger partial charge in [0.1, 0.15) is 13.2 Å². The maximum Gasteiger partial charge on any atom is 0.293 e. The van der Waals surface area contributed by atoms with Crippen molar-refractivity contribution < 1.29 is 18.7 Å². The normalized spacial score (nSPS) is 12.9. The summed E-state index contributed by atoms with van der Waals surface area (Å²) >= 11 is 1.35. The van der Waals surface area contributed by atoms with Crippen LogP contribution in [0.4, 0.5) is 5.13 Å². The van der Waals surface area contributed by atoms with Crippen LogP contribution in [-0.4, -0.2) is 24.1 Å². The summed E-state index contributed by atoms with van der Waals surface area (Å²) in [6.07, 6.45) is 1.46. The number of hydrogen-bond donors (Lipinski definition) is 1. The second-order valence-corrected chi connectivity index (χ2v) is 5.69. The van der Waals surface area contributed by atoms with Crippen molar-refractivity contribution in [2.45, 2.75) is 0 Å². The van der Waals surface area contributed by atoms with Crippen LogP contribution in [0.15, 0.2) is 46.4 Å². The first-order valence-corrected chi connectivity index (χ1v) is 7.88. The maximum atomic E-state index is 11.9. The molecular weight excluding hydrogens is 316 g/mol. The Morgan fingerprint density at radius 1 is 1.17 bits per heavy atom. The first-order valence-electron chi connectivity index (χ1n) is 7.00. The number of aromatic nitrogens is 1. The number of furan rings is 1. The highest BCUT2D eigenvalue weighted by Crippen LogP contribution is 2.35. The van der Waals surface area contributed by atoms with Crippen molar-refractivity contribution in [2.75, 3.05) is 18.5 Å². The fourth-order valence-electron chi connectivity index (χ4n) is 2.23. The Morgan fingerprint density at radius 2 is 2.04 bits per heavy atom. The van der Waals surface area contributed by atoms with Crippen molar-refractivity contribution in [3.8, 4) is 22.8 Å². The average molecular weight is 328 g/mol. The minimum atomic E-state index is -0.321. The molecule has 3 heterocycles. The molecule has 1 N–H and O–H groups in total. The number of nitrogens with zero attached hydrogens (tertiary/aromatic N) is 1. The molecule has 1 aliphatic rings. The van der Waals surface area contributed by atoms with Crippen LogP contribution < -0.4 is 14.8 Å². The summed E-state index contributed by atoms with van der Waals surface area (Å²) in [5, 5.41) is 5.10. The van der Waals surface area contributed by atoms with Gasteiger partial charge < -0.3 is 13.9 Å². The Balaban J connectivity index is 1.55. The van der Waals surface area contributed by atoms with E-state index < -0.39 is 0 Å². The minimum Gasteiger partial charge on any atom is -0.486 e. The van der Waals surface area contributed by atoms with E-state index in [4.69, 9.17) is 13.9 Å². The van der Waals surface area contributed by atoms with E-state index in [0.29, 0.717) is 24.1 Å². The van der Waals surface area contributed by atoms with Crippen LogP contribution in [0.5, 0.6) is 11.5 Å². The monoisotopic (exact) mass is 328 g/mol. The van der Waals surface area contributed by atoms with E-state index in [9.17, 15) is 4.79 Å². The minimum absolute atomic E-state index is 0.251. The van der Waals surface area contributed by atoms with Gasteiger partial charge in [0.15, 0.2) is 22.4 Å². The highest BCUT2D eigenvalue weighted by molar-refractivity contribution is 7.14. The zero-order valence-corrected chi connectivity index (χ0v) is 12.8. The van der Waals surface area contributed by atoms with Crippen molar-refractivity contribution >= 4 is 22.4 Å². The first-order chi connectivity index (χ1) is 11.3. The number of hydrogen-bond acceptors (Lipinski definition) is 6. The lowest BCUT2D eigenvalue weighted by Crippen LogP contribution is -2.15. The van der Waals surface area contributed by atoms with E-state index in [2.05, 4.69) is 10.3 Å². The number of benzene rings is 1. The lowest BCUT2D eigenvalue weighted by molar-refractivity contribution is 0.0996. The Bertz CT molecular complexity index is 842. The molecule has 6 nitrogen and oxygen atoms in total. The molecule has 0 spiro atoms. The number of ether oxygens (including phenoxy) is 2. The van der Waals surface area contributed by atoms with E-state index in [0.717, 1.165) is 17.0 Å². The van der Waals surface area contributed by atoms with Crippen molar-refractivity contribution in [1.29, 1.82) is 0 Å². The highest BCUT2D eigenvalue weighted by Gasteiger charge is 2.15. The maximum absolute atomic E-state index is 11.9. The largest absolute Gasteiger partial charge is 0.486 e. The van der Waals surface area contributed by atoms with Crippen molar-refractivity contribution in [3.05, 3.63) is 47.7 Å². The Kier molecular flexibility index (Phi) is 3.47. The van der Waals surface area contributed by atoms with Crippen molar-refractivity contribution in [1.82, 2.24) is 4.98 Å². The fourth-order valence-corrected chi connectivity index (χ4v) is 2.95. The number of carbonyl (C=O) groups excluding carboxylic acids is 1. The van der Waals surface area contributed by atoms with Gasteiger partial charge in [-0.25, -0.2) is 4.98 Å². The summed E-state index contributed by atoms with van der Waals surface area (Å²) in [7, 11) is 0. The highest BCUT2D eigenvalue weighted by atomic mass is 32.1. The molecule has 7 heteroatoms. The Morgan fingerprint density at radius 3 is 2.87 bits per heavy atom. The fraction of sp³-hybridized carbons (Fsp3) is 0.125. The SMILES string of the molecule is O=C(Nc1nc(-c2ccc3c(c2)OCCO3)cs1)c1ccco1. The van der Waals surface area contributed by atoms with Gasteiger partial charge in [-0.3, -0.25) is 10.1 Å². The summed E-state index contributed by atoms with van der Waals surface area (Å²) in [6.45, 7) is 1.10. The molecule has 0 radical (unpaired) electrons. The number of amides is 1. The van der Waals surface area contributed by atoms with Crippen LogP contribution in [0.3, 0.4) is 0 Å². The molecule has 0 atom stereocenters. The summed E-state index contributed by atoms with van der Waals surface area (Å²) < 4.78 is 16.1. The molecule has 0 aliphatic carbocycles. The molecule has 0 fully saturated rings. The number of rotatable bonds is 3. The van der Waals surface area contributed by atoms with Crippen LogP contribution in [0, 0.1) is 0 Å². The molecule has 0 saturated heterocycles. The number of fused-ring (bicyclic) bond motifs is 1. The van der Waals surface area contributed by atoms with Gasteiger partial charge in [-0.15, -0.1) is 11.3 Å². The van der Waals surface area contributed by atoms with Crippen LogP contribution >= 0.6 is 11.3 Å². The zero-order valence-electron chi connectivity index (χ0n) is 11.9. The third-order valence-electron chi connectivity index (χ3n) is 3.31. The van der Waals surface area contributed by atoms with Gasteiger partial charge in [0.05, 0.1) is 12.0 Å². The van der Waals surface area contributed by atoms with Gasteiger partial charge in [-0.2, -0.15) is 0 Å². The summed E-state index contributed by atoms with van der Waals surface area (Å²) in [5.74, 6) is 1.38. The topological polar surface area (TPSA) is 73.6 Å². The predicted octanol–water partition coefficient (Wildman–Crippen LogP) is 3.43. The number of carbonyl (C=O) groups is 1. The molecule has 0 saturated carbocycles. The molecular formula is C16H12N2O4S. The van der Waals surface area contributed by atoms with Crippen molar-refractivity contribution in [3.63, 3.8) is 0 Å². The van der Waals surface area contributed by atoms with Gasteiger partial charge in [0, 0.05) is 10.9 Å². The summed E-state index contributed by atoms with van der Waals surface area (Å²) in [5.41, 5.74) is 1.67. The Hall–Kier alpha value is -2.80. The molecule has 1 aromatic carbocycles. The van der Waals surface area contributed by atoms with E-state index in [1.807, 2.05) is 23.6 Å². The standard InChI is InChI=1S/C16H12N2O4S/c19-15(13-2-1-5-20-13)18-16-17-11(9-23-16)10-3-4-12-14(8-10)22-7-6-21-12/h1-5,8-9H,6-7H2,(H,17,18,19). The van der Waals surface area contributed by atoms with Crippen LogP contribution in [0.2, 0.25) is 0 Å². The third kappa shape index (κ3) is 2.78. The van der Waals surface area contributed by atoms with E-state index in [-0.39, 0.29) is 11.7 Å². The molecule has 2 aromatic heterocycles. The van der Waals surface area contributed by atoms with Crippen LogP contribution in [0.25, 0.3) is 11.3 Å². The second kappa shape index (κ2) is 5.77. The van der Waals surface area contributed by atoms with E-state index >= 15 is 0 Å². The first kappa shape index (κ1) is 13.8. The van der Waals surface area contributed by atoms with Gasteiger partial charge in [0.25, 0.3) is 5.91 Å². The number of thiazole rings is 1. The van der Waals surface area contributed by atoms with Gasteiger partial charge in [0.2, 0.25) is 0 Å². The quantitative estimate of drug-likeness (QED) is 0.797. The summed E-state index contributed by atoms with van der Waals surface area (Å²) in [4.78, 5) is 16.4. The molecule has 1 amide bonds. The lowest BCUT2D eigenvalue weighted by Gasteiger charge is -2.18. The molecule has 116 valence electrons. The molecule has 23 heavy (non-hydrogen) atoms. The predicted molar refractivity (Wildman–Crippen MR) is 85.2 cm³/mol. The van der Waals surface area contributed by atoms with Gasteiger partial charge in [-0.1, -0.05) is 0 Å².